The van der Waals surface area contributed by atoms with Gasteiger partial charge in [-0.3, -0.25) is 14.5 Å². The monoisotopic (exact) mass is 393 g/mol. The van der Waals surface area contributed by atoms with Crippen LogP contribution in [-0.4, -0.2) is 29.3 Å². The minimum absolute atomic E-state index is 0.332. The Morgan fingerprint density at radius 2 is 1.79 bits per heavy atom. The molecule has 1 saturated heterocycles. The van der Waals surface area contributed by atoms with Crippen LogP contribution in [0, 0.1) is 13.8 Å². The zero-order valence-electron chi connectivity index (χ0n) is 17.3. The molecule has 2 N–H and O–H groups in total. The Hall–Kier alpha value is -3.15. The van der Waals surface area contributed by atoms with Crippen molar-refractivity contribution >= 4 is 23.5 Å². The van der Waals surface area contributed by atoms with E-state index in [2.05, 4.69) is 17.6 Å². The molecule has 1 unspecified atom stereocenters. The Morgan fingerprint density at radius 1 is 1.10 bits per heavy atom. The molecule has 29 heavy (non-hydrogen) atoms. The highest BCUT2D eigenvalue weighted by Crippen LogP contribution is 2.29. The lowest BCUT2D eigenvalue weighted by atomic mass is 9.91. The zero-order chi connectivity index (χ0) is 21.2. The van der Waals surface area contributed by atoms with Gasteiger partial charge in [-0.25, -0.2) is 4.79 Å². The second kappa shape index (κ2) is 8.07. The van der Waals surface area contributed by atoms with Gasteiger partial charge in [-0.05, 0) is 55.5 Å². The van der Waals surface area contributed by atoms with E-state index in [-0.39, 0.29) is 6.54 Å². The molecule has 2 aromatic rings. The Balaban J connectivity index is 1.74. The quantitative estimate of drug-likeness (QED) is 0.735. The molecule has 0 bridgehead atoms. The fourth-order valence-electron chi connectivity index (χ4n) is 3.53. The van der Waals surface area contributed by atoms with E-state index in [0.717, 1.165) is 28.9 Å². The summed E-state index contributed by atoms with van der Waals surface area (Å²) < 4.78 is 0. The second-order valence-corrected chi connectivity index (χ2v) is 7.76. The van der Waals surface area contributed by atoms with E-state index in [4.69, 9.17) is 0 Å². The smallest absolute Gasteiger partial charge is 0.324 e. The van der Waals surface area contributed by atoms with Gasteiger partial charge in [-0.1, -0.05) is 49.7 Å². The Kier molecular flexibility index (Phi) is 5.73. The molecule has 1 heterocycles. The van der Waals surface area contributed by atoms with Gasteiger partial charge in [0, 0.05) is 5.69 Å². The van der Waals surface area contributed by atoms with Crippen molar-refractivity contribution in [1.82, 2.24) is 10.2 Å². The van der Waals surface area contributed by atoms with E-state index in [1.807, 2.05) is 56.3 Å². The van der Waals surface area contributed by atoms with Crippen molar-refractivity contribution in [1.29, 1.82) is 0 Å². The minimum atomic E-state index is -1.18. The van der Waals surface area contributed by atoms with Crippen LogP contribution in [-0.2, 0) is 21.5 Å². The van der Waals surface area contributed by atoms with Crippen molar-refractivity contribution in [3.63, 3.8) is 0 Å². The molecule has 0 aromatic heterocycles. The van der Waals surface area contributed by atoms with Crippen molar-refractivity contribution in [3.05, 3.63) is 64.7 Å². The van der Waals surface area contributed by atoms with Crippen molar-refractivity contribution in [2.45, 2.75) is 46.1 Å². The summed E-state index contributed by atoms with van der Waals surface area (Å²) >= 11 is 0. The van der Waals surface area contributed by atoms with Gasteiger partial charge in [0.2, 0.25) is 5.91 Å². The first-order valence-electron chi connectivity index (χ1n) is 9.85. The second-order valence-electron chi connectivity index (χ2n) is 7.76. The molecule has 1 aliphatic heterocycles. The lowest BCUT2D eigenvalue weighted by Gasteiger charge is -2.22. The predicted molar refractivity (Wildman–Crippen MR) is 113 cm³/mol. The van der Waals surface area contributed by atoms with Crippen molar-refractivity contribution in [3.8, 4) is 0 Å². The summed E-state index contributed by atoms with van der Waals surface area (Å²) in [5.74, 6) is -0.841. The number of carbonyl (C=O) groups is 3. The number of anilines is 1. The average Bonchev–Trinajstić information content (AvgIpc) is 2.89. The Bertz CT molecular complexity index is 952. The summed E-state index contributed by atoms with van der Waals surface area (Å²) in [4.78, 5) is 39.0. The summed E-state index contributed by atoms with van der Waals surface area (Å²) in [7, 11) is 0. The molecule has 6 nitrogen and oxygen atoms in total. The molecule has 0 radical (unpaired) electrons. The first-order chi connectivity index (χ1) is 13.7. The van der Waals surface area contributed by atoms with Gasteiger partial charge < -0.3 is 10.6 Å². The van der Waals surface area contributed by atoms with Crippen LogP contribution in [0.25, 0.3) is 0 Å². The number of aryl methyl sites for hydroxylation is 3. The van der Waals surface area contributed by atoms with Crippen molar-refractivity contribution in [2.75, 3.05) is 11.9 Å². The third kappa shape index (κ3) is 4.16. The van der Waals surface area contributed by atoms with E-state index in [0.29, 0.717) is 11.3 Å². The van der Waals surface area contributed by atoms with Crippen LogP contribution in [0.15, 0.2) is 42.5 Å². The number of nitrogens with zero attached hydrogens (tertiary/aromatic N) is 1. The van der Waals surface area contributed by atoms with Crippen LogP contribution in [0.5, 0.6) is 0 Å². The van der Waals surface area contributed by atoms with Crippen LogP contribution < -0.4 is 10.6 Å². The molecule has 0 aliphatic carbocycles. The fraction of sp³-hybridized carbons (Fsp3) is 0.348. The molecule has 1 fully saturated rings. The third-order valence-corrected chi connectivity index (χ3v) is 5.31. The molecule has 152 valence electrons. The number of carbonyl (C=O) groups excluding carboxylic acids is 3. The zero-order valence-corrected chi connectivity index (χ0v) is 17.3. The SMILES string of the molecule is CCCc1ccc(C2(C)NC(=O)N(CC(=O)Nc3cc(C)ccc3C)C2=O)cc1. The molecular weight excluding hydrogens is 366 g/mol. The topological polar surface area (TPSA) is 78.5 Å². The summed E-state index contributed by atoms with van der Waals surface area (Å²) in [5, 5.41) is 5.54. The summed E-state index contributed by atoms with van der Waals surface area (Å²) in [6, 6.07) is 12.8. The van der Waals surface area contributed by atoms with E-state index >= 15 is 0 Å². The number of hydrogen-bond donors (Lipinski definition) is 2. The van der Waals surface area contributed by atoms with Gasteiger partial charge >= 0.3 is 6.03 Å². The van der Waals surface area contributed by atoms with Gasteiger partial charge in [0.15, 0.2) is 0 Å². The van der Waals surface area contributed by atoms with Gasteiger partial charge in [-0.15, -0.1) is 0 Å². The lowest BCUT2D eigenvalue weighted by Crippen LogP contribution is -2.42. The number of benzene rings is 2. The summed E-state index contributed by atoms with van der Waals surface area (Å²) in [6.45, 7) is 7.27. The highest BCUT2D eigenvalue weighted by Gasteiger charge is 2.49. The molecule has 3 rings (SSSR count). The van der Waals surface area contributed by atoms with E-state index < -0.39 is 23.4 Å². The Labute approximate surface area is 171 Å². The number of hydrogen-bond acceptors (Lipinski definition) is 3. The fourth-order valence-corrected chi connectivity index (χ4v) is 3.53. The maximum absolute atomic E-state index is 13.0. The molecule has 0 spiro atoms. The van der Waals surface area contributed by atoms with Crippen molar-refractivity contribution in [2.24, 2.45) is 0 Å². The highest BCUT2D eigenvalue weighted by atomic mass is 16.2. The number of amides is 4. The number of nitrogens with one attached hydrogen (secondary N) is 2. The summed E-state index contributed by atoms with van der Waals surface area (Å²) in [6.07, 6.45) is 2.00. The molecule has 2 aromatic carbocycles. The van der Waals surface area contributed by atoms with Crippen molar-refractivity contribution < 1.29 is 14.4 Å². The molecule has 1 atom stereocenters. The predicted octanol–water partition coefficient (Wildman–Crippen LogP) is 3.66. The van der Waals surface area contributed by atoms with Gasteiger partial charge in [-0.2, -0.15) is 0 Å². The average molecular weight is 393 g/mol. The van der Waals surface area contributed by atoms with Crippen LogP contribution in [0.1, 0.15) is 42.5 Å². The van der Waals surface area contributed by atoms with Gasteiger partial charge in [0.1, 0.15) is 12.1 Å². The maximum Gasteiger partial charge on any atom is 0.325 e. The lowest BCUT2D eigenvalue weighted by molar-refractivity contribution is -0.133. The first kappa shape index (κ1) is 20.6. The molecule has 6 heteroatoms. The van der Waals surface area contributed by atoms with Crippen LogP contribution in [0.3, 0.4) is 0 Å². The van der Waals surface area contributed by atoms with E-state index in [1.54, 1.807) is 6.92 Å². The first-order valence-corrected chi connectivity index (χ1v) is 9.85. The van der Waals surface area contributed by atoms with Crippen LogP contribution in [0.4, 0.5) is 10.5 Å². The minimum Gasteiger partial charge on any atom is -0.324 e. The molecule has 4 amide bonds. The third-order valence-electron chi connectivity index (χ3n) is 5.31. The molecular formula is C23H27N3O3. The number of urea groups is 1. The van der Waals surface area contributed by atoms with E-state index in [9.17, 15) is 14.4 Å². The Morgan fingerprint density at radius 3 is 2.45 bits per heavy atom. The maximum atomic E-state index is 13.0. The number of imide groups is 1. The standard InChI is InChI=1S/C23H27N3O3/c1-5-6-17-9-11-18(12-10-17)23(4)21(28)26(22(29)25-23)14-20(27)24-19-13-15(2)7-8-16(19)3/h7-13H,5-6,14H2,1-4H3,(H,24,27)(H,25,29). The molecule has 0 saturated carbocycles. The van der Waals surface area contributed by atoms with Crippen LogP contribution >= 0.6 is 0 Å². The van der Waals surface area contributed by atoms with Gasteiger partial charge in [0.05, 0.1) is 0 Å². The summed E-state index contributed by atoms with van der Waals surface area (Å²) in [5.41, 5.74) is 3.31. The molecule has 1 aliphatic rings. The highest BCUT2D eigenvalue weighted by molar-refractivity contribution is 6.10. The van der Waals surface area contributed by atoms with Gasteiger partial charge in [0.25, 0.3) is 5.91 Å². The van der Waals surface area contributed by atoms with E-state index in [1.165, 1.54) is 5.56 Å². The number of rotatable bonds is 6. The largest absolute Gasteiger partial charge is 0.325 e. The normalized spacial score (nSPS) is 18.7. The van der Waals surface area contributed by atoms with Crippen LogP contribution in [0.2, 0.25) is 0 Å².